The summed E-state index contributed by atoms with van der Waals surface area (Å²) in [4.78, 5) is 0. The lowest BCUT2D eigenvalue weighted by atomic mass is 9.88. The van der Waals surface area contributed by atoms with Crippen molar-refractivity contribution in [1.82, 2.24) is 0 Å². The van der Waals surface area contributed by atoms with Crippen molar-refractivity contribution in [1.29, 1.82) is 0 Å². The summed E-state index contributed by atoms with van der Waals surface area (Å²) in [7, 11) is 0. The third-order valence-corrected chi connectivity index (χ3v) is 3.84. The van der Waals surface area contributed by atoms with Gasteiger partial charge in [-0.15, -0.1) is 0 Å². The minimum absolute atomic E-state index is 0.207. The van der Waals surface area contributed by atoms with E-state index in [0.29, 0.717) is 24.6 Å². The Balaban J connectivity index is 1.93. The average Bonchev–Trinajstić information content (AvgIpc) is 2.39. The van der Waals surface area contributed by atoms with E-state index >= 15 is 0 Å². The zero-order valence-electron chi connectivity index (χ0n) is 11.0. The fourth-order valence-electron chi connectivity index (χ4n) is 2.56. The van der Waals surface area contributed by atoms with E-state index in [1.807, 2.05) is 6.07 Å². The number of nitrogens with two attached hydrogens (primary N) is 1. The highest BCUT2D eigenvalue weighted by atomic mass is 19.1. The van der Waals surface area contributed by atoms with E-state index in [-0.39, 0.29) is 11.9 Å². The Labute approximate surface area is 108 Å². The van der Waals surface area contributed by atoms with Gasteiger partial charge in [-0.1, -0.05) is 31.9 Å². The molecule has 1 aromatic rings. The van der Waals surface area contributed by atoms with Crippen LogP contribution in [0.5, 0.6) is 0 Å². The molecule has 0 amide bonds. The van der Waals surface area contributed by atoms with Crippen LogP contribution < -0.4 is 5.73 Å². The van der Waals surface area contributed by atoms with Crippen molar-refractivity contribution in [2.45, 2.75) is 51.9 Å². The molecule has 0 aliphatic heterocycles. The van der Waals surface area contributed by atoms with Gasteiger partial charge >= 0.3 is 0 Å². The quantitative estimate of drug-likeness (QED) is 0.890. The molecule has 2 nitrogen and oxygen atoms in total. The minimum atomic E-state index is -0.207. The van der Waals surface area contributed by atoms with Crippen LogP contribution in [0.15, 0.2) is 18.2 Å². The molecular formula is C15H22FNO. The van der Waals surface area contributed by atoms with Gasteiger partial charge in [-0.05, 0) is 30.4 Å². The summed E-state index contributed by atoms with van der Waals surface area (Å²) in [5, 5.41) is 0. The van der Waals surface area contributed by atoms with Crippen LogP contribution in [-0.2, 0) is 17.9 Å². The maximum absolute atomic E-state index is 13.8. The van der Waals surface area contributed by atoms with Crippen LogP contribution in [0.4, 0.5) is 4.39 Å². The molecule has 2 N–H and O–H groups in total. The number of benzene rings is 1. The predicted molar refractivity (Wildman–Crippen MR) is 70.5 cm³/mol. The van der Waals surface area contributed by atoms with Crippen molar-refractivity contribution in [3.63, 3.8) is 0 Å². The van der Waals surface area contributed by atoms with E-state index in [1.165, 1.54) is 25.3 Å². The number of halogens is 1. The third kappa shape index (κ3) is 3.30. The van der Waals surface area contributed by atoms with Gasteiger partial charge in [-0.2, -0.15) is 0 Å². The molecule has 2 atom stereocenters. The molecule has 1 aliphatic carbocycles. The molecule has 0 bridgehead atoms. The number of rotatable bonds is 4. The molecule has 3 heteroatoms. The molecule has 1 aliphatic rings. The Morgan fingerprint density at radius 3 is 2.78 bits per heavy atom. The highest BCUT2D eigenvalue weighted by Crippen LogP contribution is 2.27. The first-order valence-corrected chi connectivity index (χ1v) is 6.79. The van der Waals surface area contributed by atoms with Crippen LogP contribution >= 0.6 is 0 Å². The molecule has 0 saturated heterocycles. The molecular weight excluding hydrogens is 229 g/mol. The Bertz CT molecular complexity index is 394. The van der Waals surface area contributed by atoms with E-state index in [0.717, 1.165) is 12.0 Å². The number of hydrogen-bond donors (Lipinski definition) is 1. The molecule has 2 unspecified atom stereocenters. The fourth-order valence-corrected chi connectivity index (χ4v) is 2.56. The second-order valence-electron chi connectivity index (χ2n) is 5.24. The summed E-state index contributed by atoms with van der Waals surface area (Å²) < 4.78 is 19.6. The number of ether oxygens (including phenoxy) is 1. The second-order valence-corrected chi connectivity index (χ2v) is 5.24. The van der Waals surface area contributed by atoms with Crippen LogP contribution in [0.25, 0.3) is 0 Å². The first-order valence-electron chi connectivity index (χ1n) is 6.79. The summed E-state index contributed by atoms with van der Waals surface area (Å²) in [6.45, 7) is 2.96. The molecule has 0 aromatic heterocycles. The Hall–Kier alpha value is -0.930. The van der Waals surface area contributed by atoms with E-state index in [4.69, 9.17) is 10.5 Å². The standard InChI is InChI=1S/C15H22FNO/c1-11-4-2-3-5-15(11)18-10-13-7-6-12(9-17)8-14(13)16/h6-8,11,15H,2-5,9-10,17H2,1H3. The Kier molecular flexibility index (Phi) is 4.72. The molecule has 0 spiro atoms. The lowest BCUT2D eigenvalue weighted by molar-refractivity contribution is -0.0164. The third-order valence-electron chi connectivity index (χ3n) is 3.84. The van der Waals surface area contributed by atoms with E-state index in [2.05, 4.69) is 6.92 Å². The molecule has 1 aromatic carbocycles. The van der Waals surface area contributed by atoms with Gasteiger partial charge in [0.25, 0.3) is 0 Å². The lowest BCUT2D eigenvalue weighted by Gasteiger charge is -2.28. The summed E-state index contributed by atoms with van der Waals surface area (Å²) in [5.41, 5.74) is 6.93. The van der Waals surface area contributed by atoms with Gasteiger partial charge in [0, 0.05) is 12.1 Å². The monoisotopic (exact) mass is 251 g/mol. The van der Waals surface area contributed by atoms with E-state index in [1.54, 1.807) is 6.07 Å². The van der Waals surface area contributed by atoms with Crippen molar-refractivity contribution in [3.05, 3.63) is 35.1 Å². The van der Waals surface area contributed by atoms with Crippen LogP contribution in [0, 0.1) is 11.7 Å². The zero-order chi connectivity index (χ0) is 13.0. The minimum Gasteiger partial charge on any atom is -0.373 e. The predicted octanol–water partition coefficient (Wildman–Crippen LogP) is 3.38. The topological polar surface area (TPSA) is 35.2 Å². The van der Waals surface area contributed by atoms with Gasteiger partial charge in [-0.3, -0.25) is 0 Å². The van der Waals surface area contributed by atoms with E-state index < -0.39 is 0 Å². The fraction of sp³-hybridized carbons (Fsp3) is 0.600. The normalized spacial score (nSPS) is 24.2. The maximum atomic E-state index is 13.8. The molecule has 100 valence electrons. The van der Waals surface area contributed by atoms with E-state index in [9.17, 15) is 4.39 Å². The summed E-state index contributed by atoms with van der Waals surface area (Å²) in [6, 6.07) is 5.15. The first kappa shape index (κ1) is 13.5. The SMILES string of the molecule is CC1CCCCC1OCc1ccc(CN)cc1F. The van der Waals surface area contributed by atoms with Gasteiger partial charge in [0.1, 0.15) is 5.82 Å². The van der Waals surface area contributed by atoms with Gasteiger partial charge in [0.05, 0.1) is 12.7 Å². The lowest BCUT2D eigenvalue weighted by Crippen LogP contribution is -2.25. The van der Waals surface area contributed by atoms with Gasteiger partial charge in [0.15, 0.2) is 0 Å². The van der Waals surface area contributed by atoms with Crippen LogP contribution in [0.2, 0.25) is 0 Å². The highest BCUT2D eigenvalue weighted by Gasteiger charge is 2.22. The largest absolute Gasteiger partial charge is 0.373 e. The van der Waals surface area contributed by atoms with Gasteiger partial charge in [0.2, 0.25) is 0 Å². The smallest absolute Gasteiger partial charge is 0.129 e. The van der Waals surface area contributed by atoms with Crippen molar-refractivity contribution >= 4 is 0 Å². The summed E-state index contributed by atoms with van der Waals surface area (Å²) in [6.07, 6.45) is 5.12. The second kappa shape index (κ2) is 6.30. The van der Waals surface area contributed by atoms with Crippen molar-refractivity contribution in [3.8, 4) is 0 Å². The van der Waals surface area contributed by atoms with Crippen molar-refractivity contribution in [2.75, 3.05) is 0 Å². The van der Waals surface area contributed by atoms with Crippen LogP contribution in [-0.4, -0.2) is 6.10 Å². The number of hydrogen-bond acceptors (Lipinski definition) is 2. The van der Waals surface area contributed by atoms with Crippen LogP contribution in [0.3, 0.4) is 0 Å². The molecule has 18 heavy (non-hydrogen) atoms. The molecule has 2 rings (SSSR count). The molecule has 0 radical (unpaired) electrons. The Morgan fingerprint density at radius 2 is 2.11 bits per heavy atom. The maximum Gasteiger partial charge on any atom is 0.129 e. The summed E-state index contributed by atoms with van der Waals surface area (Å²) in [5.74, 6) is 0.381. The zero-order valence-corrected chi connectivity index (χ0v) is 11.0. The van der Waals surface area contributed by atoms with Gasteiger partial charge < -0.3 is 10.5 Å². The Morgan fingerprint density at radius 1 is 1.33 bits per heavy atom. The average molecular weight is 251 g/mol. The molecule has 1 fully saturated rings. The molecule has 0 heterocycles. The first-order chi connectivity index (χ1) is 8.70. The van der Waals surface area contributed by atoms with Crippen molar-refractivity contribution in [2.24, 2.45) is 11.7 Å². The van der Waals surface area contributed by atoms with Crippen molar-refractivity contribution < 1.29 is 9.13 Å². The molecule has 1 saturated carbocycles. The highest BCUT2D eigenvalue weighted by molar-refractivity contribution is 5.23. The van der Waals surface area contributed by atoms with Gasteiger partial charge in [-0.25, -0.2) is 4.39 Å². The van der Waals surface area contributed by atoms with Crippen LogP contribution in [0.1, 0.15) is 43.7 Å². The summed E-state index contributed by atoms with van der Waals surface area (Å²) >= 11 is 0.